The molecule has 0 spiro atoms. The monoisotopic (exact) mass is 242 g/mol. The van der Waals surface area contributed by atoms with Gasteiger partial charge in [-0.25, -0.2) is 4.98 Å². The minimum atomic E-state index is -0.765. The molecule has 1 rings (SSSR count). The number of aliphatic hydroxyl groups is 1. The van der Waals surface area contributed by atoms with Crippen LogP contribution in [0, 0.1) is 0 Å². The second-order valence-corrected chi connectivity index (χ2v) is 5.93. The fourth-order valence-corrected chi connectivity index (χ4v) is 2.69. The Hall–Kier alpha value is -0.450. The Morgan fingerprint density at radius 1 is 1.38 bits per heavy atom. The highest BCUT2D eigenvalue weighted by Gasteiger charge is 2.23. The molecule has 1 heterocycles. The highest BCUT2D eigenvalue weighted by atomic mass is 32.1. The molecule has 0 aliphatic heterocycles. The van der Waals surface area contributed by atoms with Gasteiger partial charge >= 0.3 is 0 Å². The quantitative estimate of drug-likeness (QED) is 0.858. The lowest BCUT2D eigenvalue weighted by Gasteiger charge is -2.15. The van der Waals surface area contributed by atoms with E-state index in [4.69, 9.17) is 0 Å². The van der Waals surface area contributed by atoms with Gasteiger partial charge in [0.25, 0.3) is 0 Å². The SMILES string of the molecule is CCc1nc(CCN(C)C)sc1C(C)(C)O. The van der Waals surface area contributed by atoms with Crippen molar-refractivity contribution in [3.63, 3.8) is 0 Å². The van der Waals surface area contributed by atoms with Crippen molar-refractivity contribution in [1.82, 2.24) is 9.88 Å². The number of rotatable bonds is 5. The molecule has 1 aromatic heterocycles. The summed E-state index contributed by atoms with van der Waals surface area (Å²) in [7, 11) is 4.12. The smallest absolute Gasteiger partial charge is 0.0950 e. The van der Waals surface area contributed by atoms with Gasteiger partial charge in [-0.1, -0.05) is 6.92 Å². The average molecular weight is 242 g/mol. The summed E-state index contributed by atoms with van der Waals surface area (Å²) in [5.41, 5.74) is 0.283. The minimum absolute atomic E-state index is 0.765. The standard InChI is InChI=1S/C12H22N2OS/c1-6-9-11(12(2,3)15)16-10(13-9)7-8-14(4)5/h15H,6-8H2,1-5H3. The van der Waals surface area contributed by atoms with E-state index in [1.807, 2.05) is 13.8 Å². The Labute approximate surface area is 102 Å². The predicted molar refractivity (Wildman–Crippen MR) is 69.0 cm³/mol. The first-order valence-electron chi connectivity index (χ1n) is 5.70. The maximum absolute atomic E-state index is 10.1. The van der Waals surface area contributed by atoms with Gasteiger partial charge in [-0.05, 0) is 34.4 Å². The van der Waals surface area contributed by atoms with Crippen molar-refractivity contribution < 1.29 is 5.11 Å². The van der Waals surface area contributed by atoms with E-state index in [0.717, 1.165) is 35.0 Å². The number of aromatic nitrogens is 1. The summed E-state index contributed by atoms with van der Waals surface area (Å²) in [5.74, 6) is 0. The maximum atomic E-state index is 10.1. The molecule has 0 fully saturated rings. The fourth-order valence-electron chi connectivity index (χ4n) is 1.54. The Bertz CT molecular complexity index is 339. The minimum Gasteiger partial charge on any atom is -0.385 e. The number of likely N-dealkylation sites (N-methyl/N-ethyl adjacent to an activating group) is 1. The molecule has 0 saturated heterocycles. The average Bonchev–Trinajstić information content (AvgIpc) is 2.57. The zero-order valence-electron chi connectivity index (χ0n) is 10.9. The highest BCUT2D eigenvalue weighted by Crippen LogP contribution is 2.30. The summed E-state index contributed by atoms with van der Waals surface area (Å²) in [4.78, 5) is 7.77. The lowest BCUT2D eigenvalue weighted by molar-refractivity contribution is 0.0814. The summed E-state index contributed by atoms with van der Waals surface area (Å²) in [5, 5.41) is 11.2. The van der Waals surface area contributed by atoms with Crippen LogP contribution < -0.4 is 0 Å². The van der Waals surface area contributed by atoms with Crippen LogP contribution in [0.1, 0.15) is 36.3 Å². The Balaban J connectivity index is 2.86. The van der Waals surface area contributed by atoms with Crippen LogP contribution in [0.4, 0.5) is 0 Å². The largest absolute Gasteiger partial charge is 0.385 e. The number of hydrogen-bond donors (Lipinski definition) is 1. The first kappa shape index (κ1) is 13.6. The molecule has 0 bridgehead atoms. The van der Waals surface area contributed by atoms with E-state index >= 15 is 0 Å². The van der Waals surface area contributed by atoms with E-state index in [-0.39, 0.29) is 0 Å². The molecule has 0 aromatic carbocycles. The second kappa shape index (κ2) is 5.25. The van der Waals surface area contributed by atoms with Gasteiger partial charge in [0.2, 0.25) is 0 Å². The molecular weight excluding hydrogens is 220 g/mol. The van der Waals surface area contributed by atoms with Crippen molar-refractivity contribution in [1.29, 1.82) is 0 Å². The number of nitrogens with zero attached hydrogens (tertiary/aromatic N) is 2. The normalized spacial score (nSPS) is 12.4. The molecule has 1 aromatic rings. The van der Waals surface area contributed by atoms with Crippen LogP contribution in [0.25, 0.3) is 0 Å². The number of aryl methyl sites for hydroxylation is 1. The van der Waals surface area contributed by atoms with Gasteiger partial charge in [-0.3, -0.25) is 0 Å². The summed E-state index contributed by atoms with van der Waals surface area (Å²) < 4.78 is 0. The second-order valence-electron chi connectivity index (χ2n) is 4.85. The molecule has 4 heteroatoms. The van der Waals surface area contributed by atoms with Crippen molar-refractivity contribution in [2.24, 2.45) is 0 Å². The van der Waals surface area contributed by atoms with Gasteiger partial charge in [0.15, 0.2) is 0 Å². The first-order chi connectivity index (χ1) is 7.34. The Morgan fingerprint density at radius 2 is 2.00 bits per heavy atom. The lowest BCUT2D eigenvalue weighted by atomic mass is 10.1. The van der Waals surface area contributed by atoms with Crippen LogP contribution in [0.3, 0.4) is 0 Å². The summed E-state index contributed by atoms with van der Waals surface area (Å²) in [6.45, 7) is 6.74. The zero-order valence-corrected chi connectivity index (χ0v) is 11.7. The van der Waals surface area contributed by atoms with Crippen LogP contribution in [-0.4, -0.2) is 35.6 Å². The topological polar surface area (TPSA) is 36.4 Å². The molecule has 0 amide bonds. The van der Waals surface area contributed by atoms with Crippen LogP contribution >= 0.6 is 11.3 Å². The van der Waals surface area contributed by atoms with E-state index in [1.54, 1.807) is 11.3 Å². The van der Waals surface area contributed by atoms with Crippen LogP contribution in [-0.2, 0) is 18.4 Å². The fraction of sp³-hybridized carbons (Fsp3) is 0.750. The van der Waals surface area contributed by atoms with E-state index in [2.05, 4.69) is 30.9 Å². The van der Waals surface area contributed by atoms with E-state index in [1.165, 1.54) is 0 Å². The number of thiazole rings is 1. The summed E-state index contributed by atoms with van der Waals surface area (Å²) in [6, 6.07) is 0. The molecule has 0 aliphatic carbocycles. The van der Waals surface area contributed by atoms with Crippen molar-refractivity contribution >= 4 is 11.3 Å². The molecule has 0 unspecified atom stereocenters. The molecule has 3 nitrogen and oxygen atoms in total. The van der Waals surface area contributed by atoms with E-state index in [0.29, 0.717) is 0 Å². The highest BCUT2D eigenvalue weighted by molar-refractivity contribution is 7.11. The van der Waals surface area contributed by atoms with Crippen molar-refractivity contribution in [3.8, 4) is 0 Å². The van der Waals surface area contributed by atoms with Crippen molar-refractivity contribution in [2.45, 2.75) is 39.2 Å². The molecular formula is C12H22N2OS. The van der Waals surface area contributed by atoms with Gasteiger partial charge in [0.1, 0.15) is 0 Å². The predicted octanol–water partition coefficient (Wildman–Crippen LogP) is 2.04. The van der Waals surface area contributed by atoms with Crippen molar-refractivity contribution in [3.05, 3.63) is 15.6 Å². The summed E-state index contributed by atoms with van der Waals surface area (Å²) in [6.07, 6.45) is 1.85. The van der Waals surface area contributed by atoms with Crippen molar-refractivity contribution in [2.75, 3.05) is 20.6 Å². The molecule has 0 atom stereocenters. The molecule has 1 N–H and O–H groups in total. The van der Waals surface area contributed by atoms with Gasteiger partial charge in [-0.2, -0.15) is 0 Å². The lowest BCUT2D eigenvalue weighted by Crippen LogP contribution is -2.15. The third kappa shape index (κ3) is 3.54. The van der Waals surface area contributed by atoms with E-state index < -0.39 is 5.60 Å². The zero-order chi connectivity index (χ0) is 12.3. The molecule has 92 valence electrons. The summed E-state index contributed by atoms with van der Waals surface area (Å²) >= 11 is 1.65. The first-order valence-corrected chi connectivity index (χ1v) is 6.52. The van der Waals surface area contributed by atoms with E-state index in [9.17, 15) is 5.11 Å². The van der Waals surface area contributed by atoms with Gasteiger partial charge in [-0.15, -0.1) is 11.3 Å². The van der Waals surface area contributed by atoms with Crippen LogP contribution in [0.2, 0.25) is 0 Å². The van der Waals surface area contributed by atoms with Gasteiger partial charge in [0, 0.05) is 13.0 Å². The molecule has 0 radical (unpaired) electrons. The van der Waals surface area contributed by atoms with Gasteiger partial charge < -0.3 is 10.0 Å². The number of hydrogen-bond acceptors (Lipinski definition) is 4. The Kier molecular flexibility index (Phi) is 4.47. The van der Waals surface area contributed by atoms with Crippen LogP contribution in [0.5, 0.6) is 0 Å². The maximum Gasteiger partial charge on any atom is 0.0950 e. The van der Waals surface area contributed by atoms with Crippen LogP contribution in [0.15, 0.2) is 0 Å². The third-order valence-electron chi connectivity index (χ3n) is 2.41. The van der Waals surface area contributed by atoms with Gasteiger partial charge in [0.05, 0.1) is 21.2 Å². The third-order valence-corrected chi connectivity index (χ3v) is 3.88. The molecule has 0 saturated carbocycles. The molecule has 0 aliphatic rings. The molecule has 16 heavy (non-hydrogen) atoms. The Morgan fingerprint density at radius 3 is 2.38 bits per heavy atom.